The van der Waals surface area contributed by atoms with Crippen LogP contribution in [0.25, 0.3) is 0 Å². The fourth-order valence-electron chi connectivity index (χ4n) is 2.99. The second-order valence-corrected chi connectivity index (χ2v) is 5.16. The summed E-state index contributed by atoms with van der Waals surface area (Å²) in [6.45, 7) is 0. The first kappa shape index (κ1) is 11.9. The van der Waals surface area contributed by atoms with Gasteiger partial charge in [0.1, 0.15) is 0 Å². The van der Waals surface area contributed by atoms with Gasteiger partial charge in [-0.3, -0.25) is 4.79 Å². The Labute approximate surface area is 97.2 Å². The third-order valence-corrected chi connectivity index (χ3v) is 3.94. The molecule has 0 radical (unpaired) electrons. The number of carboxylic acids is 1. The fraction of sp³-hybridized carbons (Fsp3) is 0.923. The van der Waals surface area contributed by atoms with Crippen LogP contribution in [0.1, 0.15) is 57.8 Å². The summed E-state index contributed by atoms with van der Waals surface area (Å²) < 4.78 is 6.03. The molecule has 2 aliphatic carbocycles. The third kappa shape index (κ3) is 2.97. The predicted molar refractivity (Wildman–Crippen MR) is 61.3 cm³/mol. The largest absolute Gasteiger partial charge is 0.481 e. The summed E-state index contributed by atoms with van der Waals surface area (Å²) in [6, 6.07) is 0. The van der Waals surface area contributed by atoms with Crippen LogP contribution in [-0.2, 0) is 9.53 Å². The van der Waals surface area contributed by atoms with Crippen LogP contribution >= 0.6 is 0 Å². The molecular weight excluding hydrogens is 204 g/mol. The molecule has 3 heteroatoms. The van der Waals surface area contributed by atoms with Crippen molar-refractivity contribution in [2.75, 3.05) is 0 Å². The van der Waals surface area contributed by atoms with E-state index >= 15 is 0 Å². The van der Waals surface area contributed by atoms with Gasteiger partial charge in [0.2, 0.25) is 0 Å². The third-order valence-electron chi connectivity index (χ3n) is 3.94. The van der Waals surface area contributed by atoms with Crippen molar-refractivity contribution in [3.63, 3.8) is 0 Å². The lowest BCUT2D eigenvalue weighted by Gasteiger charge is -2.33. The van der Waals surface area contributed by atoms with Gasteiger partial charge in [0.05, 0.1) is 18.1 Å². The van der Waals surface area contributed by atoms with Gasteiger partial charge in [-0.25, -0.2) is 0 Å². The molecule has 2 unspecified atom stereocenters. The quantitative estimate of drug-likeness (QED) is 0.804. The first-order valence-electron chi connectivity index (χ1n) is 6.65. The Kier molecular flexibility index (Phi) is 4.22. The molecule has 2 rings (SSSR count). The zero-order chi connectivity index (χ0) is 11.4. The van der Waals surface area contributed by atoms with Gasteiger partial charge in [0.25, 0.3) is 0 Å². The molecule has 2 fully saturated rings. The maximum atomic E-state index is 11.1. The van der Waals surface area contributed by atoms with E-state index in [2.05, 4.69) is 0 Å². The highest BCUT2D eigenvalue weighted by atomic mass is 16.5. The van der Waals surface area contributed by atoms with Gasteiger partial charge in [-0.15, -0.1) is 0 Å². The van der Waals surface area contributed by atoms with Crippen molar-refractivity contribution in [3.8, 4) is 0 Å². The second-order valence-electron chi connectivity index (χ2n) is 5.16. The van der Waals surface area contributed by atoms with E-state index in [4.69, 9.17) is 9.84 Å². The van der Waals surface area contributed by atoms with Crippen molar-refractivity contribution in [3.05, 3.63) is 0 Å². The summed E-state index contributed by atoms with van der Waals surface area (Å²) in [5, 5.41) is 9.16. The molecule has 92 valence electrons. The predicted octanol–water partition coefficient (Wildman–Crippen LogP) is 2.98. The molecule has 0 bridgehead atoms. The van der Waals surface area contributed by atoms with E-state index in [1.165, 1.54) is 19.3 Å². The Hall–Kier alpha value is -0.570. The van der Waals surface area contributed by atoms with E-state index in [9.17, 15) is 4.79 Å². The number of hydrogen-bond acceptors (Lipinski definition) is 2. The van der Waals surface area contributed by atoms with Crippen LogP contribution in [0.3, 0.4) is 0 Å². The first-order valence-corrected chi connectivity index (χ1v) is 6.65. The molecule has 0 aromatic carbocycles. The fourth-order valence-corrected chi connectivity index (χ4v) is 2.99. The smallest absolute Gasteiger partial charge is 0.309 e. The van der Waals surface area contributed by atoms with E-state index in [0.717, 1.165) is 38.5 Å². The van der Waals surface area contributed by atoms with Crippen LogP contribution in [0.4, 0.5) is 0 Å². The van der Waals surface area contributed by atoms with Gasteiger partial charge in [0, 0.05) is 0 Å². The minimum atomic E-state index is -0.666. The zero-order valence-corrected chi connectivity index (χ0v) is 9.86. The number of carbonyl (C=O) groups is 1. The molecule has 0 aromatic rings. The zero-order valence-electron chi connectivity index (χ0n) is 9.86. The molecule has 0 amide bonds. The lowest BCUT2D eigenvalue weighted by Crippen LogP contribution is -2.36. The Morgan fingerprint density at radius 1 is 0.938 bits per heavy atom. The molecule has 2 aliphatic rings. The second kappa shape index (κ2) is 5.67. The van der Waals surface area contributed by atoms with Crippen molar-refractivity contribution in [2.24, 2.45) is 5.92 Å². The summed E-state index contributed by atoms with van der Waals surface area (Å²) in [4.78, 5) is 11.1. The Morgan fingerprint density at radius 2 is 1.56 bits per heavy atom. The average Bonchev–Trinajstić information content (AvgIpc) is 2.31. The lowest BCUT2D eigenvalue weighted by atomic mass is 9.86. The number of carboxylic acid groups (broad SMARTS) is 1. The van der Waals surface area contributed by atoms with Crippen molar-refractivity contribution in [1.29, 1.82) is 0 Å². The Morgan fingerprint density at radius 3 is 2.25 bits per heavy atom. The molecular formula is C13H22O3. The minimum Gasteiger partial charge on any atom is -0.481 e. The number of rotatable bonds is 3. The minimum absolute atomic E-state index is 0.0191. The average molecular weight is 226 g/mol. The number of aliphatic carboxylic acids is 1. The van der Waals surface area contributed by atoms with E-state index < -0.39 is 5.97 Å². The summed E-state index contributed by atoms with van der Waals surface area (Å²) in [6.07, 6.45) is 10.3. The van der Waals surface area contributed by atoms with Gasteiger partial charge >= 0.3 is 5.97 Å². The van der Waals surface area contributed by atoms with Gasteiger partial charge in [-0.2, -0.15) is 0 Å². The van der Waals surface area contributed by atoms with Gasteiger partial charge in [-0.05, 0) is 25.7 Å². The molecule has 0 saturated heterocycles. The molecule has 0 spiro atoms. The van der Waals surface area contributed by atoms with E-state index in [-0.39, 0.29) is 12.0 Å². The van der Waals surface area contributed by atoms with Crippen LogP contribution in [-0.4, -0.2) is 23.3 Å². The van der Waals surface area contributed by atoms with E-state index in [1.54, 1.807) is 0 Å². The highest BCUT2D eigenvalue weighted by molar-refractivity contribution is 5.70. The molecule has 1 N–H and O–H groups in total. The summed E-state index contributed by atoms with van der Waals surface area (Å²) in [5.74, 6) is -0.920. The first-order chi connectivity index (χ1) is 7.77. The molecule has 3 nitrogen and oxygen atoms in total. The summed E-state index contributed by atoms with van der Waals surface area (Å²) in [5.41, 5.74) is 0. The number of hydrogen-bond donors (Lipinski definition) is 1. The highest BCUT2D eigenvalue weighted by Crippen LogP contribution is 2.31. The van der Waals surface area contributed by atoms with E-state index in [0.29, 0.717) is 6.10 Å². The van der Waals surface area contributed by atoms with Crippen molar-refractivity contribution in [1.82, 2.24) is 0 Å². The normalized spacial score (nSPS) is 32.5. The van der Waals surface area contributed by atoms with Crippen molar-refractivity contribution < 1.29 is 14.6 Å². The van der Waals surface area contributed by atoms with Crippen molar-refractivity contribution in [2.45, 2.75) is 70.0 Å². The molecule has 0 heterocycles. The summed E-state index contributed by atoms with van der Waals surface area (Å²) in [7, 11) is 0. The lowest BCUT2D eigenvalue weighted by molar-refractivity contribution is -0.153. The molecule has 0 aromatic heterocycles. The van der Waals surface area contributed by atoms with Gasteiger partial charge in [-0.1, -0.05) is 32.1 Å². The molecule has 16 heavy (non-hydrogen) atoms. The van der Waals surface area contributed by atoms with Gasteiger partial charge in [0.15, 0.2) is 0 Å². The van der Waals surface area contributed by atoms with Crippen LogP contribution in [0.15, 0.2) is 0 Å². The molecule has 2 saturated carbocycles. The Balaban J connectivity index is 1.87. The standard InChI is InChI=1S/C13H22O3/c14-13(15)11-8-4-5-9-12(11)16-10-6-2-1-3-7-10/h10-12H,1-9H2,(H,14,15). The SMILES string of the molecule is O=C(O)C1CCCCC1OC1CCCCC1. The topological polar surface area (TPSA) is 46.5 Å². The molecule has 0 aliphatic heterocycles. The van der Waals surface area contributed by atoms with Gasteiger partial charge < -0.3 is 9.84 Å². The van der Waals surface area contributed by atoms with Crippen LogP contribution in [0, 0.1) is 5.92 Å². The highest BCUT2D eigenvalue weighted by Gasteiger charge is 2.33. The number of ether oxygens (including phenoxy) is 1. The summed E-state index contributed by atoms with van der Waals surface area (Å²) >= 11 is 0. The van der Waals surface area contributed by atoms with Crippen LogP contribution in [0.2, 0.25) is 0 Å². The van der Waals surface area contributed by atoms with Crippen LogP contribution in [0.5, 0.6) is 0 Å². The molecule has 2 atom stereocenters. The van der Waals surface area contributed by atoms with Crippen molar-refractivity contribution >= 4 is 5.97 Å². The van der Waals surface area contributed by atoms with E-state index in [1.807, 2.05) is 0 Å². The monoisotopic (exact) mass is 226 g/mol. The maximum Gasteiger partial charge on any atom is 0.309 e. The Bertz CT molecular complexity index is 233. The van der Waals surface area contributed by atoms with Crippen LogP contribution < -0.4 is 0 Å². The maximum absolute atomic E-state index is 11.1.